The highest BCUT2D eigenvalue weighted by atomic mass is 127. The van der Waals surface area contributed by atoms with Gasteiger partial charge in [0.2, 0.25) is 5.91 Å². The van der Waals surface area contributed by atoms with Gasteiger partial charge in [0.1, 0.15) is 18.1 Å². The van der Waals surface area contributed by atoms with Crippen LogP contribution in [0.2, 0.25) is 5.02 Å². The lowest BCUT2D eigenvalue weighted by atomic mass is 10.1. The fraction of sp³-hybridized carbons (Fsp3) is 0.167. The van der Waals surface area contributed by atoms with Gasteiger partial charge in [-0.2, -0.15) is 5.10 Å². The Hall–Kier alpha value is -2.58. The lowest BCUT2D eigenvalue weighted by Gasteiger charge is -2.10. The molecule has 3 aromatic rings. The molecule has 0 aliphatic rings. The number of ether oxygens (including phenoxy) is 2. The summed E-state index contributed by atoms with van der Waals surface area (Å²) in [5.41, 5.74) is 5.16. The Morgan fingerprint density at radius 3 is 2.45 bits per heavy atom. The summed E-state index contributed by atoms with van der Waals surface area (Å²) in [5, 5.41) is 4.62. The summed E-state index contributed by atoms with van der Waals surface area (Å²) in [6, 6.07) is 20.8. The van der Waals surface area contributed by atoms with E-state index in [0.29, 0.717) is 29.5 Å². The molecule has 31 heavy (non-hydrogen) atoms. The van der Waals surface area contributed by atoms with Crippen molar-refractivity contribution in [2.45, 2.75) is 20.0 Å². The number of nitrogens with one attached hydrogen (secondary N) is 1. The standard InChI is InChI=1S/C24H22ClIN2O3/c1-2-30-22-10-5-17(6-11-22)13-24(29)28-27-15-19-14-20(25)7-12-23(19)31-16-18-3-8-21(26)9-4-18/h3-12,14-15H,2,13,16H2,1H3,(H,28,29)/b27-15-. The number of hydrogen-bond donors (Lipinski definition) is 1. The van der Waals surface area contributed by atoms with Crippen LogP contribution in [0.3, 0.4) is 0 Å². The van der Waals surface area contributed by atoms with Gasteiger partial charge in [0.15, 0.2) is 0 Å². The van der Waals surface area contributed by atoms with Gasteiger partial charge < -0.3 is 9.47 Å². The molecule has 0 atom stereocenters. The zero-order chi connectivity index (χ0) is 22.1. The molecule has 0 fully saturated rings. The summed E-state index contributed by atoms with van der Waals surface area (Å²) in [5.74, 6) is 1.19. The highest BCUT2D eigenvalue weighted by molar-refractivity contribution is 14.1. The molecule has 0 aliphatic carbocycles. The minimum absolute atomic E-state index is 0.218. The van der Waals surface area contributed by atoms with E-state index in [9.17, 15) is 4.79 Å². The second kappa shape index (κ2) is 11.7. The van der Waals surface area contributed by atoms with E-state index in [1.807, 2.05) is 55.5 Å². The van der Waals surface area contributed by atoms with Crippen LogP contribution in [0.5, 0.6) is 11.5 Å². The molecule has 0 saturated heterocycles. The van der Waals surface area contributed by atoms with Gasteiger partial charge in [-0.3, -0.25) is 4.79 Å². The molecule has 7 heteroatoms. The number of halogens is 2. The number of hydrogen-bond acceptors (Lipinski definition) is 4. The van der Waals surface area contributed by atoms with E-state index < -0.39 is 0 Å². The van der Waals surface area contributed by atoms with Crippen LogP contribution in [0, 0.1) is 3.57 Å². The summed E-state index contributed by atoms with van der Waals surface area (Å²) in [7, 11) is 0. The Morgan fingerprint density at radius 1 is 1.03 bits per heavy atom. The van der Waals surface area contributed by atoms with Gasteiger partial charge in [0.05, 0.1) is 19.2 Å². The van der Waals surface area contributed by atoms with Crippen molar-refractivity contribution in [1.82, 2.24) is 5.43 Å². The average molecular weight is 549 g/mol. The molecule has 0 radical (unpaired) electrons. The van der Waals surface area contributed by atoms with Gasteiger partial charge >= 0.3 is 0 Å². The second-order valence-electron chi connectivity index (χ2n) is 6.64. The number of nitrogens with zero attached hydrogens (tertiary/aromatic N) is 1. The van der Waals surface area contributed by atoms with Crippen LogP contribution in [-0.2, 0) is 17.8 Å². The Bertz CT molecular complexity index is 1040. The first kappa shape index (κ1) is 23.1. The molecule has 0 saturated carbocycles. The maximum absolute atomic E-state index is 12.2. The number of carbonyl (C=O) groups excluding carboxylic acids is 1. The Kier molecular flexibility index (Phi) is 8.73. The van der Waals surface area contributed by atoms with Crippen molar-refractivity contribution < 1.29 is 14.3 Å². The van der Waals surface area contributed by atoms with Crippen molar-refractivity contribution in [3.8, 4) is 11.5 Å². The molecular weight excluding hydrogens is 527 g/mol. The Balaban J connectivity index is 1.58. The number of amides is 1. The third-order valence-electron chi connectivity index (χ3n) is 4.27. The fourth-order valence-corrected chi connectivity index (χ4v) is 3.30. The molecule has 3 aromatic carbocycles. The summed E-state index contributed by atoms with van der Waals surface area (Å²) >= 11 is 8.38. The van der Waals surface area contributed by atoms with Crippen LogP contribution in [0.1, 0.15) is 23.6 Å². The van der Waals surface area contributed by atoms with E-state index in [1.54, 1.807) is 18.2 Å². The SMILES string of the molecule is CCOc1ccc(CC(=O)N/N=C\c2cc(Cl)ccc2OCc2ccc(I)cc2)cc1. The van der Waals surface area contributed by atoms with Crippen molar-refractivity contribution in [3.63, 3.8) is 0 Å². The maximum atomic E-state index is 12.2. The first-order valence-electron chi connectivity index (χ1n) is 9.74. The predicted octanol–water partition coefficient (Wildman–Crippen LogP) is 5.62. The second-order valence-corrected chi connectivity index (χ2v) is 8.33. The molecule has 0 bridgehead atoms. The minimum Gasteiger partial charge on any atom is -0.494 e. The monoisotopic (exact) mass is 548 g/mol. The van der Waals surface area contributed by atoms with E-state index in [-0.39, 0.29) is 12.3 Å². The van der Waals surface area contributed by atoms with Crippen molar-refractivity contribution in [1.29, 1.82) is 0 Å². The summed E-state index contributed by atoms with van der Waals surface area (Å²) in [6.07, 6.45) is 1.75. The summed E-state index contributed by atoms with van der Waals surface area (Å²) in [4.78, 5) is 12.2. The first-order chi connectivity index (χ1) is 15.0. The van der Waals surface area contributed by atoms with Gasteiger partial charge in [-0.25, -0.2) is 5.43 Å². The number of carbonyl (C=O) groups is 1. The molecule has 5 nitrogen and oxygen atoms in total. The van der Waals surface area contributed by atoms with Crippen molar-refractivity contribution in [3.05, 3.63) is 92.0 Å². The van der Waals surface area contributed by atoms with E-state index in [1.165, 1.54) is 9.78 Å². The highest BCUT2D eigenvalue weighted by Crippen LogP contribution is 2.22. The van der Waals surface area contributed by atoms with E-state index in [0.717, 1.165) is 16.9 Å². The lowest BCUT2D eigenvalue weighted by Crippen LogP contribution is -2.19. The molecule has 160 valence electrons. The molecule has 1 amide bonds. The number of benzene rings is 3. The third kappa shape index (κ3) is 7.56. The van der Waals surface area contributed by atoms with Crippen molar-refractivity contribution in [2.24, 2.45) is 5.10 Å². The van der Waals surface area contributed by atoms with Crippen LogP contribution in [0.25, 0.3) is 0 Å². The highest BCUT2D eigenvalue weighted by Gasteiger charge is 2.06. The van der Waals surface area contributed by atoms with E-state index in [2.05, 4.69) is 33.1 Å². The van der Waals surface area contributed by atoms with Gasteiger partial charge in [-0.05, 0) is 83.1 Å². The van der Waals surface area contributed by atoms with Gasteiger partial charge in [-0.1, -0.05) is 35.9 Å². The van der Waals surface area contributed by atoms with E-state index >= 15 is 0 Å². The van der Waals surface area contributed by atoms with Crippen LogP contribution < -0.4 is 14.9 Å². The zero-order valence-corrected chi connectivity index (χ0v) is 19.9. The van der Waals surface area contributed by atoms with E-state index in [4.69, 9.17) is 21.1 Å². The fourth-order valence-electron chi connectivity index (χ4n) is 2.76. The number of rotatable bonds is 9. The van der Waals surface area contributed by atoms with Crippen LogP contribution in [0.4, 0.5) is 0 Å². The molecule has 1 N–H and O–H groups in total. The van der Waals surface area contributed by atoms with Crippen LogP contribution in [0.15, 0.2) is 71.8 Å². The molecular formula is C24H22ClIN2O3. The largest absolute Gasteiger partial charge is 0.494 e. The molecule has 0 aliphatic heterocycles. The molecule has 0 heterocycles. The summed E-state index contributed by atoms with van der Waals surface area (Å²) in [6.45, 7) is 2.95. The smallest absolute Gasteiger partial charge is 0.244 e. The molecule has 0 unspecified atom stereocenters. The molecule has 0 spiro atoms. The number of hydrazone groups is 1. The van der Waals surface area contributed by atoms with Crippen LogP contribution in [-0.4, -0.2) is 18.7 Å². The van der Waals surface area contributed by atoms with Crippen molar-refractivity contribution >= 4 is 46.3 Å². The minimum atomic E-state index is -0.219. The average Bonchev–Trinajstić information content (AvgIpc) is 2.76. The summed E-state index contributed by atoms with van der Waals surface area (Å²) < 4.78 is 12.5. The van der Waals surface area contributed by atoms with Gasteiger partial charge in [0.25, 0.3) is 0 Å². The zero-order valence-electron chi connectivity index (χ0n) is 17.0. The quantitative estimate of drug-likeness (QED) is 0.215. The lowest BCUT2D eigenvalue weighted by molar-refractivity contribution is -0.120. The van der Waals surface area contributed by atoms with Crippen molar-refractivity contribution in [2.75, 3.05) is 6.61 Å². The Morgan fingerprint density at radius 2 is 1.74 bits per heavy atom. The van der Waals surface area contributed by atoms with Gasteiger partial charge in [-0.15, -0.1) is 0 Å². The molecule has 3 rings (SSSR count). The maximum Gasteiger partial charge on any atom is 0.244 e. The first-order valence-corrected chi connectivity index (χ1v) is 11.2. The van der Waals surface area contributed by atoms with Crippen LogP contribution >= 0.6 is 34.2 Å². The van der Waals surface area contributed by atoms with Gasteiger partial charge in [0, 0.05) is 14.2 Å². The normalized spacial score (nSPS) is 10.8. The third-order valence-corrected chi connectivity index (χ3v) is 5.23. The topological polar surface area (TPSA) is 59.9 Å². The Labute approximate surface area is 200 Å². The molecule has 0 aromatic heterocycles. The predicted molar refractivity (Wildman–Crippen MR) is 132 cm³/mol.